The molecule has 0 saturated heterocycles. The Balaban J connectivity index is 0.931. The summed E-state index contributed by atoms with van der Waals surface area (Å²) < 4.78 is 11.6. The molecule has 0 aliphatic carbocycles. The lowest BCUT2D eigenvalue weighted by molar-refractivity contribution is 0.487. The summed E-state index contributed by atoms with van der Waals surface area (Å²) in [5.74, 6) is 1.76. The summed E-state index contributed by atoms with van der Waals surface area (Å²) in [5, 5.41) is 9.82. The van der Waals surface area contributed by atoms with Crippen LogP contribution in [0.5, 0.6) is 11.5 Å². The van der Waals surface area contributed by atoms with Crippen LogP contribution in [0.4, 0.5) is 0 Å². The minimum atomic E-state index is 0.871. The van der Waals surface area contributed by atoms with E-state index in [2.05, 4.69) is 215 Å². The zero-order valence-corrected chi connectivity index (χ0v) is 31.9. The first-order valence-corrected chi connectivity index (χ1v) is 20.2. The SMILES string of the molecule is c1ccc(-c2ccc3c(c2)c2ccccc2n3-c2ccc(-c3ccc4c(c3)Oc3cccc5c3c-4cc3c5c4ccccc4n3-c3ccc4ccccc4c3)cc2)cc1. The van der Waals surface area contributed by atoms with E-state index in [0.29, 0.717) is 0 Å². The molecular weight excluding hydrogens is 717 g/mol. The van der Waals surface area contributed by atoms with Crippen molar-refractivity contribution in [2.45, 2.75) is 0 Å². The summed E-state index contributed by atoms with van der Waals surface area (Å²) in [5.41, 5.74) is 14.1. The van der Waals surface area contributed by atoms with Crippen molar-refractivity contribution in [3.63, 3.8) is 0 Å². The zero-order valence-electron chi connectivity index (χ0n) is 31.9. The van der Waals surface area contributed by atoms with Gasteiger partial charge in [0.1, 0.15) is 11.5 Å². The lowest BCUT2D eigenvalue weighted by Gasteiger charge is -2.23. The summed E-state index contributed by atoms with van der Waals surface area (Å²) in [7, 11) is 0. The fraction of sp³-hybridized carbons (Fsp3) is 0. The van der Waals surface area contributed by atoms with Crippen molar-refractivity contribution in [2.24, 2.45) is 0 Å². The topological polar surface area (TPSA) is 19.1 Å². The standard InChI is InChI=1S/C56H34N2O/c1-2-11-35(12-3-1)39-25-30-51-47(32-39)43-15-6-8-18-49(43)57(51)41-26-21-37(22-27-41)40-24-29-44-48-34-52-55(46-17-10-20-53(56(46)48)59-54(44)33-40)45-16-7-9-19-50(45)58(52)42-28-23-36-13-4-5-14-38(36)31-42/h1-34H. The van der Waals surface area contributed by atoms with Gasteiger partial charge in [0.15, 0.2) is 0 Å². The van der Waals surface area contributed by atoms with Crippen LogP contribution in [0.3, 0.4) is 0 Å². The Morgan fingerprint density at radius 2 is 0.915 bits per heavy atom. The van der Waals surface area contributed by atoms with E-state index in [-0.39, 0.29) is 0 Å². The average Bonchev–Trinajstić information content (AvgIpc) is 3.82. The van der Waals surface area contributed by atoms with Crippen molar-refractivity contribution in [3.05, 3.63) is 206 Å². The van der Waals surface area contributed by atoms with Crippen molar-refractivity contribution < 1.29 is 4.74 Å². The van der Waals surface area contributed by atoms with Crippen LogP contribution in [0, 0.1) is 0 Å². The molecule has 59 heavy (non-hydrogen) atoms. The highest BCUT2D eigenvalue weighted by Gasteiger charge is 2.25. The Kier molecular flexibility index (Phi) is 6.72. The number of nitrogens with zero attached hydrogens (tertiary/aromatic N) is 2. The first-order valence-electron chi connectivity index (χ1n) is 20.2. The van der Waals surface area contributed by atoms with Crippen molar-refractivity contribution in [2.75, 3.05) is 0 Å². The maximum absolute atomic E-state index is 6.82. The molecule has 3 heteroatoms. The molecule has 1 aliphatic heterocycles. The minimum Gasteiger partial charge on any atom is -0.456 e. The van der Waals surface area contributed by atoms with Crippen molar-refractivity contribution in [1.82, 2.24) is 9.13 Å². The van der Waals surface area contributed by atoms with Gasteiger partial charge in [0.25, 0.3) is 0 Å². The number of rotatable bonds is 4. The summed E-state index contributed by atoms with van der Waals surface area (Å²) in [4.78, 5) is 0. The van der Waals surface area contributed by atoms with E-state index in [1.807, 2.05) is 0 Å². The highest BCUT2D eigenvalue weighted by atomic mass is 16.5. The van der Waals surface area contributed by atoms with E-state index in [9.17, 15) is 0 Å². The van der Waals surface area contributed by atoms with Crippen LogP contribution in [0.1, 0.15) is 0 Å². The van der Waals surface area contributed by atoms with Crippen LogP contribution in [0.25, 0.3) is 110 Å². The highest BCUT2D eigenvalue weighted by Crippen LogP contribution is 2.51. The van der Waals surface area contributed by atoms with Gasteiger partial charge in [0.2, 0.25) is 0 Å². The third kappa shape index (κ3) is 4.76. The van der Waals surface area contributed by atoms with Gasteiger partial charge in [-0.2, -0.15) is 0 Å². The predicted octanol–water partition coefficient (Wildman–Crippen LogP) is 15.3. The molecule has 0 unspecified atom stereocenters. The third-order valence-corrected chi connectivity index (χ3v) is 12.5. The van der Waals surface area contributed by atoms with Gasteiger partial charge in [0.05, 0.1) is 22.1 Å². The maximum Gasteiger partial charge on any atom is 0.135 e. The molecule has 3 heterocycles. The van der Waals surface area contributed by atoms with Gasteiger partial charge in [-0.25, -0.2) is 0 Å². The Bertz CT molecular complexity index is 3680. The Morgan fingerprint density at radius 3 is 1.78 bits per heavy atom. The van der Waals surface area contributed by atoms with Crippen LogP contribution in [-0.2, 0) is 0 Å². The van der Waals surface area contributed by atoms with E-state index in [0.717, 1.165) is 45.0 Å². The van der Waals surface area contributed by atoms with Crippen LogP contribution >= 0.6 is 0 Å². The van der Waals surface area contributed by atoms with E-state index in [1.54, 1.807) is 0 Å². The number of fused-ring (bicyclic) bond motifs is 10. The molecule has 1 aliphatic rings. The smallest absolute Gasteiger partial charge is 0.135 e. The Labute approximate surface area is 340 Å². The molecule has 274 valence electrons. The van der Waals surface area contributed by atoms with E-state index >= 15 is 0 Å². The van der Waals surface area contributed by atoms with Crippen molar-refractivity contribution in [1.29, 1.82) is 0 Å². The second-order valence-corrected chi connectivity index (χ2v) is 15.7. The average molecular weight is 751 g/mol. The second kappa shape index (κ2) is 12.3. The van der Waals surface area contributed by atoms with Crippen molar-refractivity contribution >= 4 is 65.2 Å². The van der Waals surface area contributed by atoms with Gasteiger partial charge in [-0.1, -0.05) is 133 Å². The molecule has 2 aromatic heterocycles. The zero-order chi connectivity index (χ0) is 38.6. The molecule has 12 aromatic rings. The molecule has 0 bridgehead atoms. The minimum absolute atomic E-state index is 0.871. The molecule has 0 N–H and O–H groups in total. The van der Waals surface area contributed by atoms with Crippen LogP contribution in [0.2, 0.25) is 0 Å². The predicted molar refractivity (Wildman–Crippen MR) is 247 cm³/mol. The number of para-hydroxylation sites is 2. The fourth-order valence-electron chi connectivity index (χ4n) is 9.79. The van der Waals surface area contributed by atoms with Crippen LogP contribution in [0.15, 0.2) is 206 Å². The summed E-state index contributed by atoms with van der Waals surface area (Å²) in [6.45, 7) is 0. The first-order chi connectivity index (χ1) is 29.2. The molecule has 0 radical (unpaired) electrons. The largest absolute Gasteiger partial charge is 0.456 e. The lowest BCUT2D eigenvalue weighted by Crippen LogP contribution is -1.99. The quantitative estimate of drug-likeness (QED) is 0.175. The molecule has 0 saturated carbocycles. The number of hydrogen-bond donors (Lipinski definition) is 0. The monoisotopic (exact) mass is 750 g/mol. The Hall–Kier alpha value is -7.88. The number of benzene rings is 10. The number of hydrogen-bond acceptors (Lipinski definition) is 1. The fourth-order valence-corrected chi connectivity index (χ4v) is 9.79. The Morgan fingerprint density at radius 1 is 0.288 bits per heavy atom. The first kappa shape index (κ1) is 32.2. The van der Waals surface area contributed by atoms with E-state index in [1.165, 1.54) is 76.5 Å². The summed E-state index contributed by atoms with van der Waals surface area (Å²) in [6.07, 6.45) is 0. The lowest BCUT2D eigenvalue weighted by atomic mass is 9.91. The molecular formula is C56H34N2O. The van der Waals surface area contributed by atoms with E-state index < -0.39 is 0 Å². The van der Waals surface area contributed by atoms with Crippen molar-refractivity contribution in [3.8, 4) is 56.3 Å². The molecule has 3 nitrogen and oxygen atoms in total. The van der Waals surface area contributed by atoms with Gasteiger partial charge >= 0.3 is 0 Å². The highest BCUT2D eigenvalue weighted by molar-refractivity contribution is 6.26. The third-order valence-electron chi connectivity index (χ3n) is 12.5. The van der Waals surface area contributed by atoms with Gasteiger partial charge < -0.3 is 13.9 Å². The number of ether oxygens (including phenoxy) is 1. The molecule has 0 fully saturated rings. The van der Waals surface area contributed by atoms with Gasteiger partial charge in [-0.3, -0.25) is 0 Å². The van der Waals surface area contributed by atoms with Crippen LogP contribution in [-0.4, -0.2) is 9.13 Å². The van der Waals surface area contributed by atoms with Gasteiger partial charge in [-0.15, -0.1) is 0 Å². The van der Waals surface area contributed by atoms with Gasteiger partial charge in [0, 0.05) is 43.9 Å². The summed E-state index contributed by atoms with van der Waals surface area (Å²) in [6, 6.07) is 74.9. The van der Waals surface area contributed by atoms with Crippen LogP contribution < -0.4 is 4.74 Å². The summed E-state index contributed by atoms with van der Waals surface area (Å²) >= 11 is 0. The molecule has 0 amide bonds. The number of aromatic nitrogens is 2. The molecule has 10 aromatic carbocycles. The molecule has 0 atom stereocenters. The molecule has 13 rings (SSSR count). The molecule has 0 spiro atoms. The van der Waals surface area contributed by atoms with Gasteiger partial charge in [-0.05, 0) is 117 Å². The normalized spacial score (nSPS) is 12.2. The maximum atomic E-state index is 6.82. The van der Waals surface area contributed by atoms with E-state index in [4.69, 9.17) is 4.74 Å². The second-order valence-electron chi connectivity index (χ2n) is 15.7.